The van der Waals surface area contributed by atoms with E-state index in [0.29, 0.717) is 24.9 Å². The van der Waals surface area contributed by atoms with Gasteiger partial charge >= 0.3 is 0 Å². The monoisotopic (exact) mass is 435 g/mol. The first kappa shape index (κ1) is 21.7. The number of anilines is 2. The summed E-state index contributed by atoms with van der Waals surface area (Å²) >= 11 is 0. The van der Waals surface area contributed by atoms with Crippen molar-refractivity contribution < 1.29 is 9.53 Å². The highest BCUT2D eigenvalue weighted by Crippen LogP contribution is 2.22. The zero-order valence-electron chi connectivity index (χ0n) is 18.8. The van der Waals surface area contributed by atoms with Crippen molar-refractivity contribution >= 4 is 17.8 Å². The third-order valence-electron chi connectivity index (χ3n) is 5.62. The van der Waals surface area contributed by atoms with E-state index in [1.54, 1.807) is 7.11 Å². The molecule has 9 heteroatoms. The first-order valence-corrected chi connectivity index (χ1v) is 10.9. The Bertz CT molecular complexity index is 1040. The number of methoxy groups -OCH3 is 1. The second-order valence-corrected chi connectivity index (χ2v) is 8.18. The first-order valence-electron chi connectivity index (χ1n) is 10.9. The van der Waals surface area contributed by atoms with Crippen LogP contribution in [0.2, 0.25) is 0 Å². The van der Waals surface area contributed by atoms with Gasteiger partial charge in [0, 0.05) is 30.9 Å². The Morgan fingerprint density at radius 2 is 1.91 bits per heavy atom. The van der Waals surface area contributed by atoms with Crippen molar-refractivity contribution in [2.45, 2.75) is 39.5 Å². The van der Waals surface area contributed by atoms with Crippen LogP contribution >= 0.6 is 0 Å². The third-order valence-corrected chi connectivity index (χ3v) is 5.62. The minimum Gasteiger partial charge on any atom is -0.497 e. The summed E-state index contributed by atoms with van der Waals surface area (Å²) in [5.74, 6) is 2.36. The number of hydrogen-bond acceptors (Lipinski definition) is 7. The summed E-state index contributed by atoms with van der Waals surface area (Å²) in [6.45, 7) is 5.36. The standard InChI is InChI=1S/C23H29N7O2/c1-15-13-16(2)25-23(24-15)30-12-4-5-18(14-30)21(31)27-22-26-20(28-29-22)11-8-17-6-9-19(32-3)10-7-17/h6-7,9-10,13,18H,4-5,8,11-12,14H2,1-3H3,(H2,26,27,28,29,31)/t18-/m0/s1. The number of H-pyrrole nitrogens is 1. The van der Waals surface area contributed by atoms with Crippen LogP contribution in [0, 0.1) is 19.8 Å². The van der Waals surface area contributed by atoms with Crippen molar-refractivity contribution in [1.82, 2.24) is 25.1 Å². The number of benzene rings is 1. The molecule has 1 saturated heterocycles. The van der Waals surface area contributed by atoms with E-state index in [2.05, 4.69) is 35.4 Å². The van der Waals surface area contributed by atoms with Gasteiger partial charge in [0.25, 0.3) is 0 Å². The summed E-state index contributed by atoms with van der Waals surface area (Å²) in [4.78, 5) is 28.4. The number of carbonyl (C=O) groups is 1. The highest BCUT2D eigenvalue weighted by molar-refractivity contribution is 5.91. The quantitative estimate of drug-likeness (QED) is 0.587. The molecule has 1 aromatic carbocycles. The van der Waals surface area contributed by atoms with Crippen LogP contribution in [-0.2, 0) is 17.6 Å². The lowest BCUT2D eigenvalue weighted by Gasteiger charge is -2.32. The molecule has 0 radical (unpaired) electrons. The number of ether oxygens (including phenoxy) is 1. The third kappa shape index (κ3) is 5.40. The molecule has 1 fully saturated rings. The maximum atomic E-state index is 12.8. The van der Waals surface area contributed by atoms with Gasteiger partial charge in [0.05, 0.1) is 13.0 Å². The normalized spacial score (nSPS) is 16.1. The second kappa shape index (κ2) is 9.76. The van der Waals surface area contributed by atoms with Crippen LogP contribution in [0.1, 0.15) is 35.6 Å². The molecule has 0 aliphatic carbocycles. The van der Waals surface area contributed by atoms with Gasteiger partial charge in [0.1, 0.15) is 11.6 Å². The number of carbonyl (C=O) groups excluding carboxylic acids is 1. The van der Waals surface area contributed by atoms with Gasteiger partial charge in [-0.3, -0.25) is 15.2 Å². The van der Waals surface area contributed by atoms with Crippen molar-refractivity contribution in [2.24, 2.45) is 5.92 Å². The molecular weight excluding hydrogens is 406 g/mol. The summed E-state index contributed by atoms with van der Waals surface area (Å²) < 4.78 is 5.19. The van der Waals surface area contributed by atoms with Crippen LogP contribution in [0.3, 0.4) is 0 Å². The van der Waals surface area contributed by atoms with Gasteiger partial charge in [-0.1, -0.05) is 12.1 Å². The molecular formula is C23H29N7O2. The van der Waals surface area contributed by atoms with Gasteiger partial charge in [-0.2, -0.15) is 4.98 Å². The van der Waals surface area contributed by atoms with Gasteiger partial charge in [-0.05, 0) is 56.9 Å². The lowest BCUT2D eigenvalue weighted by molar-refractivity contribution is -0.120. The van der Waals surface area contributed by atoms with Crippen LogP contribution in [0.5, 0.6) is 5.75 Å². The fourth-order valence-electron chi connectivity index (χ4n) is 3.95. The zero-order chi connectivity index (χ0) is 22.5. The van der Waals surface area contributed by atoms with Gasteiger partial charge in [0.2, 0.25) is 17.8 Å². The van der Waals surface area contributed by atoms with Gasteiger partial charge in [-0.25, -0.2) is 9.97 Å². The van der Waals surface area contributed by atoms with E-state index in [0.717, 1.165) is 48.8 Å². The molecule has 168 valence electrons. The molecule has 1 aliphatic rings. The molecule has 2 N–H and O–H groups in total. The van der Waals surface area contributed by atoms with Gasteiger partial charge in [0.15, 0.2) is 0 Å². The summed E-state index contributed by atoms with van der Waals surface area (Å²) in [5.41, 5.74) is 3.05. The Kier molecular flexibility index (Phi) is 6.63. The summed E-state index contributed by atoms with van der Waals surface area (Å²) in [5, 5.41) is 9.95. The highest BCUT2D eigenvalue weighted by Gasteiger charge is 2.28. The fraction of sp³-hybridized carbons (Fsp3) is 0.435. The largest absolute Gasteiger partial charge is 0.497 e. The lowest BCUT2D eigenvalue weighted by atomic mass is 9.97. The van der Waals surface area contributed by atoms with Crippen molar-refractivity contribution in [1.29, 1.82) is 0 Å². The predicted octanol–water partition coefficient (Wildman–Crippen LogP) is 2.86. The van der Waals surface area contributed by atoms with Gasteiger partial charge in [-0.15, -0.1) is 5.10 Å². The first-order chi connectivity index (χ1) is 15.5. The Labute approximate surface area is 187 Å². The fourth-order valence-corrected chi connectivity index (χ4v) is 3.95. The maximum absolute atomic E-state index is 12.8. The Morgan fingerprint density at radius 3 is 2.62 bits per heavy atom. The predicted molar refractivity (Wildman–Crippen MR) is 122 cm³/mol. The Hall–Kier alpha value is -3.49. The molecule has 3 aromatic rings. The summed E-state index contributed by atoms with van der Waals surface area (Å²) in [6, 6.07) is 9.90. The molecule has 0 unspecified atom stereocenters. The Morgan fingerprint density at radius 1 is 1.16 bits per heavy atom. The number of nitrogens with one attached hydrogen (secondary N) is 2. The number of aryl methyl sites for hydroxylation is 4. The average Bonchev–Trinajstić information content (AvgIpc) is 3.24. The van der Waals surface area contributed by atoms with Crippen LogP contribution in [0.25, 0.3) is 0 Å². The van der Waals surface area contributed by atoms with Crippen LogP contribution in [-0.4, -0.2) is 51.3 Å². The number of hydrogen-bond donors (Lipinski definition) is 2. The van der Waals surface area contributed by atoms with E-state index >= 15 is 0 Å². The number of rotatable bonds is 7. The van der Waals surface area contributed by atoms with E-state index in [-0.39, 0.29) is 11.8 Å². The molecule has 0 bridgehead atoms. The number of amides is 1. The summed E-state index contributed by atoms with van der Waals surface area (Å²) in [7, 11) is 1.65. The van der Waals surface area contributed by atoms with Crippen LogP contribution < -0.4 is 15.0 Å². The van der Waals surface area contributed by atoms with E-state index < -0.39 is 0 Å². The topological polar surface area (TPSA) is 109 Å². The summed E-state index contributed by atoms with van der Waals surface area (Å²) in [6.07, 6.45) is 3.26. The zero-order valence-corrected chi connectivity index (χ0v) is 18.8. The van der Waals surface area contributed by atoms with Crippen LogP contribution in [0.4, 0.5) is 11.9 Å². The number of aromatic nitrogens is 5. The molecule has 1 amide bonds. The number of nitrogens with zero attached hydrogens (tertiary/aromatic N) is 5. The molecule has 1 aliphatic heterocycles. The lowest BCUT2D eigenvalue weighted by Crippen LogP contribution is -2.41. The molecule has 2 aromatic heterocycles. The maximum Gasteiger partial charge on any atom is 0.248 e. The Balaban J connectivity index is 1.32. The van der Waals surface area contributed by atoms with E-state index in [1.165, 1.54) is 5.56 Å². The van der Waals surface area contributed by atoms with Crippen molar-refractivity contribution in [2.75, 3.05) is 30.4 Å². The van der Waals surface area contributed by atoms with E-state index in [9.17, 15) is 4.79 Å². The van der Waals surface area contributed by atoms with Crippen molar-refractivity contribution in [3.05, 3.63) is 53.1 Å². The van der Waals surface area contributed by atoms with Crippen molar-refractivity contribution in [3.63, 3.8) is 0 Å². The molecule has 4 rings (SSSR count). The second-order valence-electron chi connectivity index (χ2n) is 8.18. The molecule has 0 saturated carbocycles. The molecule has 0 spiro atoms. The molecule has 1 atom stereocenters. The molecule has 32 heavy (non-hydrogen) atoms. The highest BCUT2D eigenvalue weighted by atomic mass is 16.5. The number of piperidine rings is 1. The van der Waals surface area contributed by atoms with E-state index in [4.69, 9.17) is 4.74 Å². The minimum atomic E-state index is -0.158. The average molecular weight is 436 g/mol. The molecule has 9 nitrogen and oxygen atoms in total. The smallest absolute Gasteiger partial charge is 0.248 e. The molecule has 3 heterocycles. The van der Waals surface area contributed by atoms with Gasteiger partial charge < -0.3 is 9.64 Å². The minimum absolute atomic E-state index is 0.0696. The SMILES string of the molecule is COc1ccc(CCc2nc(NC(=O)[C@H]3CCCN(c4nc(C)cc(C)n4)C3)n[nH]2)cc1. The van der Waals surface area contributed by atoms with Crippen molar-refractivity contribution in [3.8, 4) is 5.75 Å². The van der Waals surface area contributed by atoms with E-state index in [1.807, 2.05) is 44.2 Å². The number of aromatic amines is 1. The van der Waals surface area contributed by atoms with Crippen LogP contribution in [0.15, 0.2) is 30.3 Å².